The first kappa shape index (κ1) is 15.7. The Morgan fingerprint density at radius 2 is 1.81 bits per heavy atom. The molecule has 2 aromatic heterocycles. The summed E-state index contributed by atoms with van der Waals surface area (Å²) in [6.07, 6.45) is 6.64. The van der Waals surface area contributed by atoms with Gasteiger partial charge in [-0.15, -0.1) is 11.3 Å². The first-order valence-corrected chi connectivity index (χ1v) is 8.29. The van der Waals surface area contributed by atoms with Gasteiger partial charge in [0.25, 0.3) is 0 Å². The van der Waals surface area contributed by atoms with Crippen molar-refractivity contribution in [3.63, 3.8) is 0 Å². The van der Waals surface area contributed by atoms with Crippen molar-refractivity contribution < 1.29 is 0 Å². The van der Waals surface area contributed by atoms with E-state index in [-0.39, 0.29) is 0 Å². The maximum Gasteiger partial charge on any atom is 0.135 e. The lowest BCUT2D eigenvalue weighted by Gasteiger charge is -2.14. The molecule has 0 bridgehead atoms. The molecule has 0 amide bonds. The van der Waals surface area contributed by atoms with E-state index in [1.807, 2.05) is 6.20 Å². The molecule has 114 valence electrons. The maximum atomic E-state index is 4.40. The summed E-state index contributed by atoms with van der Waals surface area (Å²) in [5, 5.41) is 7.87. The molecule has 2 N–H and O–H groups in total. The Bertz CT molecular complexity index is 567. The lowest BCUT2D eigenvalue weighted by Crippen LogP contribution is -2.10. The van der Waals surface area contributed by atoms with Crippen LogP contribution in [-0.2, 0) is 13.0 Å². The van der Waals surface area contributed by atoms with Crippen LogP contribution in [0.4, 0.5) is 11.6 Å². The summed E-state index contributed by atoms with van der Waals surface area (Å²) < 4.78 is 0. The van der Waals surface area contributed by atoms with Crippen LogP contribution in [0.1, 0.15) is 42.1 Å². The lowest BCUT2D eigenvalue weighted by atomic mass is 10.1. The van der Waals surface area contributed by atoms with Crippen LogP contribution in [0.15, 0.2) is 12.5 Å². The second-order valence-corrected chi connectivity index (χ2v) is 6.26. The van der Waals surface area contributed by atoms with Crippen LogP contribution in [0.2, 0.25) is 0 Å². The zero-order chi connectivity index (χ0) is 15.1. The van der Waals surface area contributed by atoms with E-state index in [4.69, 9.17) is 0 Å². The Kier molecular flexibility index (Phi) is 5.92. The number of thiazole rings is 1. The number of anilines is 2. The molecule has 0 saturated carbocycles. The monoisotopic (exact) mass is 305 g/mol. The molecule has 0 radical (unpaired) electrons. The van der Waals surface area contributed by atoms with Crippen LogP contribution in [0.5, 0.6) is 0 Å². The van der Waals surface area contributed by atoms with Gasteiger partial charge in [0.2, 0.25) is 0 Å². The Morgan fingerprint density at radius 1 is 1.05 bits per heavy atom. The van der Waals surface area contributed by atoms with Crippen LogP contribution < -0.4 is 10.6 Å². The fourth-order valence-corrected chi connectivity index (χ4v) is 2.82. The topological polar surface area (TPSA) is 62.7 Å². The smallest absolute Gasteiger partial charge is 0.135 e. The quantitative estimate of drug-likeness (QED) is 0.780. The van der Waals surface area contributed by atoms with E-state index >= 15 is 0 Å². The largest absolute Gasteiger partial charge is 0.370 e. The highest BCUT2D eigenvalue weighted by atomic mass is 32.1. The summed E-state index contributed by atoms with van der Waals surface area (Å²) in [6.45, 7) is 8.03. The zero-order valence-corrected chi connectivity index (χ0v) is 13.8. The van der Waals surface area contributed by atoms with Gasteiger partial charge in [-0.2, -0.15) is 0 Å². The number of nitrogens with one attached hydrogen (secondary N) is 2. The van der Waals surface area contributed by atoms with Gasteiger partial charge in [-0.3, -0.25) is 0 Å². The number of hydrogen-bond acceptors (Lipinski definition) is 6. The van der Waals surface area contributed by atoms with Gasteiger partial charge in [0.15, 0.2) is 0 Å². The number of aromatic nitrogens is 3. The van der Waals surface area contributed by atoms with Crippen LogP contribution in [-0.4, -0.2) is 21.5 Å². The van der Waals surface area contributed by atoms with E-state index in [9.17, 15) is 0 Å². The fourth-order valence-electron chi connectivity index (χ4n) is 2.09. The molecular formula is C15H23N5S. The standard InChI is InChI=1S/C15H23N5S/c1-4-6-12-14(16-7-5-2)19-10-20-15(12)18-9-13-17-8-11(3)21-13/h8,10H,4-7,9H2,1-3H3,(H2,16,18,19,20). The van der Waals surface area contributed by atoms with Gasteiger partial charge in [-0.05, 0) is 19.8 Å². The van der Waals surface area contributed by atoms with E-state index in [1.54, 1.807) is 17.7 Å². The molecule has 0 saturated heterocycles. The number of hydrogen-bond donors (Lipinski definition) is 2. The highest BCUT2D eigenvalue weighted by Gasteiger charge is 2.10. The first-order chi connectivity index (χ1) is 10.2. The molecule has 6 heteroatoms. The Labute approximate surface area is 130 Å². The minimum absolute atomic E-state index is 0.708. The first-order valence-electron chi connectivity index (χ1n) is 7.47. The van der Waals surface area contributed by atoms with Gasteiger partial charge < -0.3 is 10.6 Å². The Hall–Kier alpha value is -1.69. The summed E-state index contributed by atoms with van der Waals surface area (Å²) in [5.41, 5.74) is 1.17. The zero-order valence-electron chi connectivity index (χ0n) is 12.9. The molecule has 21 heavy (non-hydrogen) atoms. The highest BCUT2D eigenvalue weighted by Crippen LogP contribution is 2.22. The van der Waals surface area contributed by atoms with Gasteiger partial charge in [0.1, 0.15) is 23.0 Å². The van der Waals surface area contributed by atoms with Crippen molar-refractivity contribution in [2.24, 2.45) is 0 Å². The number of aryl methyl sites for hydroxylation is 1. The summed E-state index contributed by atoms with van der Waals surface area (Å²) in [6, 6.07) is 0. The molecule has 2 heterocycles. The van der Waals surface area contributed by atoms with E-state index in [0.29, 0.717) is 6.54 Å². The van der Waals surface area contributed by atoms with Crippen molar-refractivity contribution in [2.45, 2.75) is 46.6 Å². The number of nitrogens with zero attached hydrogens (tertiary/aromatic N) is 3. The Balaban J connectivity index is 2.12. The summed E-state index contributed by atoms with van der Waals surface area (Å²) >= 11 is 1.71. The third-order valence-corrected chi connectivity index (χ3v) is 3.98. The molecule has 2 rings (SSSR count). The second-order valence-electron chi connectivity index (χ2n) is 4.94. The van der Waals surface area contributed by atoms with E-state index in [2.05, 4.69) is 46.4 Å². The molecule has 5 nitrogen and oxygen atoms in total. The predicted octanol–water partition coefficient (Wildman–Crippen LogP) is 3.63. The van der Waals surface area contributed by atoms with Crippen LogP contribution in [0.3, 0.4) is 0 Å². The molecular weight excluding hydrogens is 282 g/mol. The van der Waals surface area contributed by atoms with Crippen molar-refractivity contribution in [1.29, 1.82) is 0 Å². The molecule has 2 aromatic rings. The number of rotatable bonds is 8. The summed E-state index contributed by atoms with van der Waals surface area (Å²) in [7, 11) is 0. The third-order valence-electron chi connectivity index (χ3n) is 3.06. The molecule has 0 fully saturated rings. The molecule has 0 aliphatic heterocycles. The average molecular weight is 305 g/mol. The van der Waals surface area contributed by atoms with Gasteiger partial charge in [0, 0.05) is 23.2 Å². The maximum absolute atomic E-state index is 4.40. The van der Waals surface area contributed by atoms with Gasteiger partial charge >= 0.3 is 0 Å². The highest BCUT2D eigenvalue weighted by molar-refractivity contribution is 7.11. The van der Waals surface area contributed by atoms with Crippen molar-refractivity contribution in [2.75, 3.05) is 17.2 Å². The fraction of sp³-hybridized carbons (Fsp3) is 0.533. The molecule has 0 aliphatic carbocycles. The molecule has 0 spiro atoms. The SMILES string of the molecule is CCCNc1ncnc(NCc2ncc(C)s2)c1CCC. The van der Waals surface area contributed by atoms with Crippen LogP contribution in [0.25, 0.3) is 0 Å². The van der Waals surface area contributed by atoms with Crippen molar-refractivity contribution in [3.05, 3.63) is 28.0 Å². The Morgan fingerprint density at radius 3 is 2.43 bits per heavy atom. The predicted molar refractivity (Wildman–Crippen MR) is 89.0 cm³/mol. The van der Waals surface area contributed by atoms with Gasteiger partial charge in [-0.1, -0.05) is 20.3 Å². The van der Waals surface area contributed by atoms with Crippen molar-refractivity contribution in [3.8, 4) is 0 Å². The van der Waals surface area contributed by atoms with E-state index < -0.39 is 0 Å². The van der Waals surface area contributed by atoms with Gasteiger partial charge in [0.05, 0.1) is 6.54 Å². The summed E-state index contributed by atoms with van der Waals surface area (Å²) in [5.74, 6) is 1.87. The van der Waals surface area contributed by atoms with Crippen molar-refractivity contribution >= 4 is 23.0 Å². The average Bonchev–Trinajstić information content (AvgIpc) is 2.90. The third kappa shape index (κ3) is 4.39. The van der Waals surface area contributed by atoms with E-state index in [0.717, 1.165) is 42.5 Å². The minimum atomic E-state index is 0.708. The molecule has 0 aliphatic rings. The van der Waals surface area contributed by atoms with E-state index in [1.165, 1.54) is 10.4 Å². The van der Waals surface area contributed by atoms with Gasteiger partial charge in [-0.25, -0.2) is 15.0 Å². The lowest BCUT2D eigenvalue weighted by molar-refractivity contribution is 0.885. The molecule has 0 aromatic carbocycles. The summed E-state index contributed by atoms with van der Waals surface area (Å²) in [4.78, 5) is 14.4. The molecule has 0 atom stereocenters. The second kappa shape index (κ2) is 7.93. The minimum Gasteiger partial charge on any atom is -0.370 e. The van der Waals surface area contributed by atoms with Crippen LogP contribution >= 0.6 is 11.3 Å². The normalized spacial score (nSPS) is 10.6. The van der Waals surface area contributed by atoms with Crippen molar-refractivity contribution in [1.82, 2.24) is 15.0 Å². The van der Waals surface area contributed by atoms with Crippen LogP contribution in [0, 0.1) is 6.92 Å². The molecule has 0 unspecified atom stereocenters.